The third kappa shape index (κ3) is 3.06. The number of aromatic amines is 1. The van der Waals surface area contributed by atoms with E-state index in [2.05, 4.69) is 20.5 Å². The Morgan fingerprint density at radius 2 is 2.28 bits per heavy atom. The highest BCUT2D eigenvalue weighted by atomic mass is 19.3. The van der Waals surface area contributed by atoms with Crippen molar-refractivity contribution in [2.75, 3.05) is 31.3 Å². The summed E-state index contributed by atoms with van der Waals surface area (Å²) < 4.78 is 26.1. The van der Waals surface area contributed by atoms with Gasteiger partial charge in [-0.1, -0.05) is 0 Å². The third-order valence-electron chi connectivity index (χ3n) is 4.26. The number of nitrogens with one attached hydrogen (secondary N) is 2. The first-order valence-corrected chi connectivity index (χ1v) is 7.72. The molecule has 10 heteroatoms. The van der Waals surface area contributed by atoms with Gasteiger partial charge in [-0.3, -0.25) is 5.10 Å². The largest absolute Gasteiger partial charge is 0.397 e. The van der Waals surface area contributed by atoms with Crippen molar-refractivity contribution in [3.8, 4) is 0 Å². The van der Waals surface area contributed by atoms with Crippen molar-refractivity contribution in [2.24, 2.45) is 0 Å². The van der Waals surface area contributed by atoms with E-state index in [1.807, 2.05) is 0 Å². The Kier molecular flexibility index (Phi) is 4.43. The Balaban J connectivity index is 1.92. The number of fused-ring (bicyclic) bond motifs is 1. The molecule has 134 valence electrons. The number of rotatable bonds is 3. The molecular formula is C15H19F2N7O. The summed E-state index contributed by atoms with van der Waals surface area (Å²) in [5, 5.41) is 9.82. The third-order valence-corrected chi connectivity index (χ3v) is 4.26. The maximum absolute atomic E-state index is 13.1. The van der Waals surface area contributed by atoms with E-state index in [1.165, 1.54) is 12.3 Å². The lowest BCUT2D eigenvalue weighted by molar-refractivity contribution is 0.152. The van der Waals surface area contributed by atoms with Gasteiger partial charge in [-0.2, -0.15) is 5.10 Å². The molecule has 0 bridgehead atoms. The molecule has 1 aliphatic heterocycles. The van der Waals surface area contributed by atoms with Gasteiger partial charge in [0.15, 0.2) is 5.82 Å². The number of carbonyl (C=O) groups excluding carboxylic acids is 1. The van der Waals surface area contributed by atoms with Crippen molar-refractivity contribution in [3.05, 3.63) is 29.1 Å². The van der Waals surface area contributed by atoms with Gasteiger partial charge >= 0.3 is 6.03 Å². The normalized spacial score (nSPS) is 13.7. The fourth-order valence-electron chi connectivity index (χ4n) is 2.84. The summed E-state index contributed by atoms with van der Waals surface area (Å²) in [4.78, 5) is 19.3. The first-order valence-electron chi connectivity index (χ1n) is 7.72. The van der Waals surface area contributed by atoms with E-state index in [9.17, 15) is 13.6 Å². The smallest absolute Gasteiger partial charge is 0.317 e. The molecule has 0 aromatic carbocycles. The van der Waals surface area contributed by atoms with Crippen LogP contribution >= 0.6 is 0 Å². The monoisotopic (exact) mass is 351 g/mol. The summed E-state index contributed by atoms with van der Waals surface area (Å²) in [5.41, 5.74) is 6.99. The quantitative estimate of drug-likeness (QED) is 0.782. The minimum Gasteiger partial charge on any atom is -0.397 e. The second kappa shape index (κ2) is 6.54. The average Bonchev–Trinajstić information content (AvgIpc) is 3.03. The highest BCUT2D eigenvalue weighted by Crippen LogP contribution is 2.32. The molecule has 8 nitrogen and oxygen atoms in total. The zero-order chi connectivity index (χ0) is 18.1. The molecule has 1 aliphatic rings. The SMILES string of the molecule is CNC(=O)N1CCc2[nH]nc(N(C)c3cc(C(F)F)c(N)cn3)c2C1. The van der Waals surface area contributed by atoms with Crippen LogP contribution in [0.25, 0.3) is 0 Å². The molecule has 0 fully saturated rings. The van der Waals surface area contributed by atoms with Crippen molar-refractivity contribution in [2.45, 2.75) is 19.4 Å². The Labute approximate surface area is 143 Å². The molecular weight excluding hydrogens is 332 g/mol. The number of urea groups is 1. The molecule has 0 saturated heterocycles. The van der Waals surface area contributed by atoms with E-state index < -0.39 is 6.43 Å². The van der Waals surface area contributed by atoms with Crippen LogP contribution in [0.1, 0.15) is 23.2 Å². The molecule has 3 heterocycles. The maximum Gasteiger partial charge on any atom is 0.317 e. The molecule has 0 atom stereocenters. The maximum atomic E-state index is 13.1. The first kappa shape index (κ1) is 16.9. The second-order valence-corrected chi connectivity index (χ2v) is 5.76. The van der Waals surface area contributed by atoms with E-state index >= 15 is 0 Å². The van der Waals surface area contributed by atoms with Crippen LogP contribution < -0.4 is 16.0 Å². The summed E-state index contributed by atoms with van der Waals surface area (Å²) in [5.74, 6) is 0.844. The zero-order valence-electron chi connectivity index (χ0n) is 13.9. The van der Waals surface area contributed by atoms with Crippen molar-refractivity contribution < 1.29 is 13.6 Å². The van der Waals surface area contributed by atoms with Gasteiger partial charge < -0.3 is 20.9 Å². The van der Waals surface area contributed by atoms with E-state index in [0.29, 0.717) is 31.1 Å². The minimum absolute atomic E-state index is 0.0537. The predicted octanol–water partition coefficient (Wildman–Crippen LogP) is 1.79. The number of halogens is 2. The topological polar surface area (TPSA) is 103 Å². The molecule has 0 saturated carbocycles. The number of hydrogen-bond acceptors (Lipinski definition) is 5. The van der Waals surface area contributed by atoms with Crippen molar-refractivity contribution in [1.29, 1.82) is 0 Å². The molecule has 3 rings (SSSR count). The number of nitrogen functional groups attached to an aromatic ring is 1. The van der Waals surface area contributed by atoms with E-state index in [0.717, 1.165) is 11.3 Å². The van der Waals surface area contributed by atoms with Gasteiger partial charge in [0.25, 0.3) is 6.43 Å². The number of nitrogens with two attached hydrogens (primary N) is 1. The highest BCUT2D eigenvalue weighted by molar-refractivity contribution is 5.75. The van der Waals surface area contributed by atoms with Crippen molar-refractivity contribution >= 4 is 23.4 Å². The number of amides is 2. The lowest BCUT2D eigenvalue weighted by Gasteiger charge is -2.28. The molecule has 25 heavy (non-hydrogen) atoms. The average molecular weight is 351 g/mol. The molecule has 2 aromatic rings. The van der Waals surface area contributed by atoms with E-state index in [1.54, 1.807) is 23.9 Å². The van der Waals surface area contributed by atoms with Crippen LogP contribution in [0.15, 0.2) is 12.3 Å². The Morgan fingerprint density at radius 3 is 2.96 bits per heavy atom. The standard InChI is InChI=1S/C15H19F2N7O/c1-19-15(25)24-4-3-11-9(7-24)14(22-21-11)23(2)12-5-8(13(16)17)10(18)6-20-12/h5-6,13H,3-4,7,18H2,1-2H3,(H,19,25)(H,21,22). The number of H-pyrrole nitrogens is 1. The fraction of sp³-hybridized carbons (Fsp3) is 0.400. The summed E-state index contributed by atoms with van der Waals surface area (Å²) in [6.45, 7) is 0.954. The highest BCUT2D eigenvalue weighted by Gasteiger charge is 2.27. The van der Waals surface area contributed by atoms with Crippen LogP contribution in [0.2, 0.25) is 0 Å². The zero-order valence-corrected chi connectivity index (χ0v) is 13.9. The van der Waals surface area contributed by atoms with Gasteiger partial charge in [-0.25, -0.2) is 18.6 Å². The molecule has 0 spiro atoms. The summed E-state index contributed by atoms with van der Waals surface area (Å²) in [7, 11) is 3.26. The number of hydrogen-bond donors (Lipinski definition) is 3. The number of carbonyl (C=O) groups is 1. The Hall–Kier alpha value is -2.91. The van der Waals surface area contributed by atoms with Crippen LogP contribution in [0.5, 0.6) is 0 Å². The molecule has 2 aromatic heterocycles. The molecule has 0 radical (unpaired) electrons. The number of aromatic nitrogens is 3. The van der Waals surface area contributed by atoms with Gasteiger partial charge in [0.1, 0.15) is 5.82 Å². The van der Waals surface area contributed by atoms with Crippen LogP contribution in [0.3, 0.4) is 0 Å². The lowest BCUT2D eigenvalue weighted by Crippen LogP contribution is -2.41. The minimum atomic E-state index is -2.69. The van der Waals surface area contributed by atoms with Crippen LogP contribution in [0, 0.1) is 0 Å². The molecule has 2 amide bonds. The van der Waals surface area contributed by atoms with E-state index in [4.69, 9.17) is 5.73 Å². The fourth-order valence-corrected chi connectivity index (χ4v) is 2.84. The van der Waals surface area contributed by atoms with Crippen molar-refractivity contribution in [3.63, 3.8) is 0 Å². The summed E-state index contributed by atoms with van der Waals surface area (Å²) in [6.07, 6.45) is -0.836. The summed E-state index contributed by atoms with van der Waals surface area (Å²) in [6, 6.07) is 1.08. The molecule has 0 unspecified atom stereocenters. The van der Waals surface area contributed by atoms with E-state index in [-0.39, 0.29) is 17.3 Å². The van der Waals surface area contributed by atoms with Crippen LogP contribution in [0.4, 0.5) is 30.9 Å². The van der Waals surface area contributed by atoms with Gasteiger partial charge in [0.05, 0.1) is 18.4 Å². The Bertz CT molecular complexity index is 792. The Morgan fingerprint density at radius 1 is 1.52 bits per heavy atom. The molecule has 4 N–H and O–H groups in total. The second-order valence-electron chi connectivity index (χ2n) is 5.76. The number of alkyl halides is 2. The predicted molar refractivity (Wildman–Crippen MR) is 88.8 cm³/mol. The van der Waals surface area contributed by atoms with Gasteiger partial charge in [0.2, 0.25) is 0 Å². The number of anilines is 3. The van der Waals surface area contributed by atoms with Crippen LogP contribution in [-0.4, -0.2) is 46.8 Å². The van der Waals surface area contributed by atoms with Gasteiger partial charge in [0, 0.05) is 43.9 Å². The van der Waals surface area contributed by atoms with Crippen molar-refractivity contribution in [1.82, 2.24) is 25.4 Å². The number of pyridine rings is 1. The lowest BCUT2D eigenvalue weighted by atomic mass is 10.1. The first-order chi connectivity index (χ1) is 11.9. The molecule has 0 aliphatic carbocycles. The van der Waals surface area contributed by atoms with Crippen LogP contribution in [-0.2, 0) is 13.0 Å². The summed E-state index contributed by atoms with van der Waals surface area (Å²) >= 11 is 0. The number of nitrogens with zero attached hydrogens (tertiary/aromatic N) is 4. The van der Waals surface area contributed by atoms with Gasteiger partial charge in [-0.05, 0) is 6.07 Å². The van der Waals surface area contributed by atoms with Gasteiger partial charge in [-0.15, -0.1) is 0 Å².